The van der Waals surface area contributed by atoms with Crippen LogP contribution in [0.2, 0.25) is 0 Å². The second-order valence-corrected chi connectivity index (χ2v) is 6.27. The van der Waals surface area contributed by atoms with Gasteiger partial charge in [-0.3, -0.25) is 14.7 Å². The standard InChI is InChI=1S/C17H35N5O2/c1-5-14(3)21-16(23)7-8-19-17(18-6-2)20-13-15(4)22-9-11-24-12-10-22/h14-15H,5-13H2,1-4H3,(H,21,23)(H2,18,19,20). The number of nitrogens with zero attached hydrogens (tertiary/aromatic N) is 2. The third kappa shape index (κ3) is 8.49. The lowest BCUT2D eigenvalue weighted by Crippen LogP contribution is -2.45. The summed E-state index contributed by atoms with van der Waals surface area (Å²) >= 11 is 0. The Labute approximate surface area is 146 Å². The summed E-state index contributed by atoms with van der Waals surface area (Å²) in [5, 5.41) is 9.44. The Kier molecular flexibility index (Phi) is 10.4. The molecule has 0 aromatic heterocycles. The minimum atomic E-state index is 0.0781. The Morgan fingerprint density at radius 1 is 1.21 bits per heavy atom. The lowest BCUT2D eigenvalue weighted by molar-refractivity contribution is -0.121. The summed E-state index contributed by atoms with van der Waals surface area (Å²) < 4.78 is 5.38. The number of aliphatic imine (C=N–C) groups is 1. The molecule has 1 aliphatic rings. The molecule has 1 fully saturated rings. The smallest absolute Gasteiger partial charge is 0.221 e. The average molecular weight is 342 g/mol. The van der Waals surface area contributed by atoms with Gasteiger partial charge >= 0.3 is 0 Å². The zero-order chi connectivity index (χ0) is 17.8. The maximum absolute atomic E-state index is 11.8. The van der Waals surface area contributed by atoms with Crippen LogP contribution < -0.4 is 16.0 Å². The first kappa shape index (κ1) is 20.7. The van der Waals surface area contributed by atoms with E-state index in [9.17, 15) is 4.79 Å². The highest BCUT2D eigenvalue weighted by Crippen LogP contribution is 2.03. The Morgan fingerprint density at radius 3 is 2.54 bits per heavy atom. The van der Waals surface area contributed by atoms with Gasteiger partial charge < -0.3 is 20.7 Å². The first-order valence-electron chi connectivity index (χ1n) is 9.20. The summed E-state index contributed by atoms with van der Waals surface area (Å²) in [5.41, 5.74) is 0. The van der Waals surface area contributed by atoms with Crippen molar-refractivity contribution >= 4 is 11.9 Å². The molecular weight excluding hydrogens is 306 g/mol. The van der Waals surface area contributed by atoms with Gasteiger partial charge in [-0.2, -0.15) is 0 Å². The second-order valence-electron chi connectivity index (χ2n) is 6.27. The van der Waals surface area contributed by atoms with E-state index in [0.29, 0.717) is 19.0 Å². The van der Waals surface area contributed by atoms with Gasteiger partial charge in [0.15, 0.2) is 5.96 Å². The van der Waals surface area contributed by atoms with Gasteiger partial charge in [0.1, 0.15) is 0 Å². The third-order valence-corrected chi connectivity index (χ3v) is 4.19. The number of morpholine rings is 1. The first-order chi connectivity index (χ1) is 11.6. The van der Waals surface area contributed by atoms with E-state index in [1.807, 2.05) is 13.8 Å². The van der Waals surface area contributed by atoms with E-state index in [2.05, 4.69) is 39.7 Å². The van der Waals surface area contributed by atoms with Crippen LogP contribution in [0.3, 0.4) is 0 Å². The van der Waals surface area contributed by atoms with Gasteiger partial charge in [-0.05, 0) is 27.2 Å². The van der Waals surface area contributed by atoms with E-state index in [4.69, 9.17) is 4.74 Å². The zero-order valence-electron chi connectivity index (χ0n) is 15.7. The summed E-state index contributed by atoms with van der Waals surface area (Å²) in [6.45, 7) is 14.0. The number of nitrogens with one attached hydrogen (secondary N) is 3. The van der Waals surface area contributed by atoms with E-state index >= 15 is 0 Å². The van der Waals surface area contributed by atoms with Gasteiger partial charge in [0, 0.05) is 44.7 Å². The van der Waals surface area contributed by atoms with Crippen LogP contribution in [0.15, 0.2) is 4.99 Å². The van der Waals surface area contributed by atoms with Gasteiger partial charge in [0.25, 0.3) is 0 Å². The molecule has 7 heteroatoms. The largest absolute Gasteiger partial charge is 0.379 e. The molecule has 2 unspecified atom stereocenters. The third-order valence-electron chi connectivity index (χ3n) is 4.19. The maximum Gasteiger partial charge on any atom is 0.221 e. The second kappa shape index (κ2) is 12.1. The Bertz CT molecular complexity index is 383. The lowest BCUT2D eigenvalue weighted by atomic mass is 10.2. The van der Waals surface area contributed by atoms with Crippen molar-refractivity contribution in [3.63, 3.8) is 0 Å². The van der Waals surface area contributed by atoms with Crippen molar-refractivity contribution in [2.45, 2.75) is 52.6 Å². The summed E-state index contributed by atoms with van der Waals surface area (Å²) in [7, 11) is 0. The van der Waals surface area contributed by atoms with Gasteiger partial charge in [-0.1, -0.05) is 6.92 Å². The molecule has 7 nitrogen and oxygen atoms in total. The summed E-state index contributed by atoms with van der Waals surface area (Å²) in [6.07, 6.45) is 1.40. The molecule has 0 aromatic carbocycles. The van der Waals surface area contributed by atoms with Gasteiger partial charge in [0.2, 0.25) is 5.91 Å². The molecule has 3 N–H and O–H groups in total. The fraction of sp³-hybridized carbons (Fsp3) is 0.882. The summed E-state index contributed by atoms with van der Waals surface area (Å²) in [6, 6.07) is 0.617. The van der Waals surface area contributed by atoms with Crippen molar-refractivity contribution in [2.75, 3.05) is 45.9 Å². The number of hydrogen-bond donors (Lipinski definition) is 3. The molecule has 1 saturated heterocycles. The predicted octanol–water partition coefficient (Wildman–Crippen LogP) is 0.567. The SMILES string of the molecule is CCNC(=NCC(C)N1CCOCC1)NCCC(=O)NC(C)CC. The van der Waals surface area contributed by atoms with Gasteiger partial charge in [-0.25, -0.2) is 0 Å². The molecule has 0 radical (unpaired) electrons. The lowest BCUT2D eigenvalue weighted by Gasteiger charge is -2.31. The van der Waals surface area contributed by atoms with Crippen molar-refractivity contribution in [1.29, 1.82) is 0 Å². The minimum absolute atomic E-state index is 0.0781. The van der Waals surface area contributed by atoms with Crippen LogP contribution in [0.1, 0.15) is 40.5 Å². The van der Waals surface area contributed by atoms with Crippen LogP contribution >= 0.6 is 0 Å². The monoisotopic (exact) mass is 341 g/mol. The summed E-state index contributed by atoms with van der Waals surface area (Å²) in [4.78, 5) is 18.8. The molecule has 1 amide bonds. The number of guanidine groups is 1. The Balaban J connectivity index is 2.34. The van der Waals surface area contributed by atoms with Crippen LogP contribution in [0.4, 0.5) is 0 Å². The maximum atomic E-state index is 11.8. The fourth-order valence-electron chi connectivity index (χ4n) is 2.44. The van der Waals surface area contributed by atoms with Crippen LogP contribution in [-0.2, 0) is 9.53 Å². The molecule has 0 bridgehead atoms. The van der Waals surface area contributed by atoms with Crippen LogP contribution in [-0.4, -0.2) is 74.8 Å². The molecule has 0 spiro atoms. The number of amides is 1. The quantitative estimate of drug-likeness (QED) is 0.422. The highest BCUT2D eigenvalue weighted by Gasteiger charge is 2.16. The molecule has 0 saturated carbocycles. The highest BCUT2D eigenvalue weighted by atomic mass is 16.5. The molecule has 0 aliphatic carbocycles. The van der Waals surface area contributed by atoms with Gasteiger partial charge in [0.05, 0.1) is 19.8 Å². The minimum Gasteiger partial charge on any atom is -0.379 e. The number of ether oxygens (including phenoxy) is 1. The van der Waals surface area contributed by atoms with Crippen molar-refractivity contribution in [1.82, 2.24) is 20.9 Å². The number of rotatable bonds is 9. The van der Waals surface area contributed by atoms with E-state index in [1.54, 1.807) is 0 Å². The van der Waals surface area contributed by atoms with E-state index in [-0.39, 0.29) is 11.9 Å². The number of hydrogen-bond acceptors (Lipinski definition) is 4. The van der Waals surface area contributed by atoms with Crippen molar-refractivity contribution in [3.05, 3.63) is 0 Å². The number of carbonyl (C=O) groups excluding carboxylic acids is 1. The zero-order valence-corrected chi connectivity index (χ0v) is 15.7. The van der Waals surface area contributed by atoms with Crippen molar-refractivity contribution in [2.24, 2.45) is 4.99 Å². The van der Waals surface area contributed by atoms with E-state index in [1.165, 1.54) is 0 Å². The molecule has 0 aromatic rings. The van der Waals surface area contributed by atoms with Crippen LogP contribution in [0, 0.1) is 0 Å². The van der Waals surface area contributed by atoms with Crippen molar-refractivity contribution < 1.29 is 9.53 Å². The molecule has 1 rings (SSSR count). The molecule has 24 heavy (non-hydrogen) atoms. The predicted molar refractivity (Wildman–Crippen MR) is 98.3 cm³/mol. The fourth-order valence-corrected chi connectivity index (χ4v) is 2.44. The average Bonchev–Trinajstić information content (AvgIpc) is 2.59. The van der Waals surface area contributed by atoms with E-state index in [0.717, 1.165) is 51.8 Å². The Morgan fingerprint density at radius 2 is 1.92 bits per heavy atom. The van der Waals surface area contributed by atoms with Gasteiger partial charge in [-0.15, -0.1) is 0 Å². The topological polar surface area (TPSA) is 78.0 Å². The number of carbonyl (C=O) groups is 1. The van der Waals surface area contributed by atoms with Crippen LogP contribution in [0.25, 0.3) is 0 Å². The molecule has 2 atom stereocenters. The molecule has 140 valence electrons. The molecule has 1 heterocycles. The van der Waals surface area contributed by atoms with E-state index < -0.39 is 0 Å². The summed E-state index contributed by atoms with van der Waals surface area (Å²) in [5.74, 6) is 0.850. The Hall–Kier alpha value is -1.34. The normalized spacial score (nSPS) is 18.8. The molecular formula is C17H35N5O2. The van der Waals surface area contributed by atoms with Crippen LogP contribution in [0.5, 0.6) is 0 Å². The highest BCUT2D eigenvalue weighted by molar-refractivity contribution is 5.81. The van der Waals surface area contributed by atoms with Crippen molar-refractivity contribution in [3.8, 4) is 0 Å². The first-order valence-corrected chi connectivity index (χ1v) is 9.20. The molecule has 1 aliphatic heterocycles.